The van der Waals surface area contributed by atoms with Crippen LogP contribution < -0.4 is 14.8 Å². The largest absolute Gasteiger partial charge is 0.481 e. The van der Waals surface area contributed by atoms with Crippen LogP contribution in [0.4, 0.5) is 10.1 Å². The molecule has 0 spiro atoms. The van der Waals surface area contributed by atoms with Gasteiger partial charge in [-0.25, -0.2) is 9.37 Å². The first-order valence-electron chi connectivity index (χ1n) is 6.86. The van der Waals surface area contributed by atoms with Gasteiger partial charge in [0.2, 0.25) is 5.88 Å². The van der Waals surface area contributed by atoms with E-state index in [1.807, 2.05) is 0 Å². The molecule has 0 aliphatic heterocycles. The number of benzene rings is 1. The average molecular weight is 304 g/mol. The van der Waals surface area contributed by atoms with E-state index in [1.54, 1.807) is 31.2 Å². The Kier molecular flexibility index (Phi) is 5.30. The Morgan fingerprint density at radius 3 is 2.68 bits per heavy atom. The van der Waals surface area contributed by atoms with Crippen molar-refractivity contribution in [1.82, 2.24) is 4.98 Å². The van der Waals surface area contributed by atoms with Gasteiger partial charge in [0.25, 0.3) is 5.91 Å². The van der Waals surface area contributed by atoms with E-state index < -0.39 is 11.9 Å². The number of amides is 1. The molecule has 1 N–H and O–H groups in total. The molecule has 0 fully saturated rings. The van der Waals surface area contributed by atoms with Gasteiger partial charge in [0.1, 0.15) is 0 Å². The molecule has 0 saturated carbocycles. The Bertz CT molecular complexity index is 632. The first-order valence-corrected chi connectivity index (χ1v) is 6.86. The van der Waals surface area contributed by atoms with Gasteiger partial charge in [-0.1, -0.05) is 19.1 Å². The quantitative estimate of drug-likeness (QED) is 0.891. The summed E-state index contributed by atoms with van der Waals surface area (Å²) in [5, 5.41) is 2.68. The summed E-state index contributed by atoms with van der Waals surface area (Å²) in [5.41, 5.74) is 0.515. The molecular formula is C16H17FN2O3. The van der Waals surface area contributed by atoms with Crippen LogP contribution in [0.5, 0.6) is 11.6 Å². The number of nitrogens with zero attached hydrogens (tertiary/aromatic N) is 1. The molecule has 1 heterocycles. The zero-order valence-electron chi connectivity index (χ0n) is 12.4. The number of para-hydroxylation sites is 1. The lowest BCUT2D eigenvalue weighted by Crippen LogP contribution is -2.32. The van der Waals surface area contributed by atoms with Crippen molar-refractivity contribution in [1.29, 1.82) is 0 Å². The van der Waals surface area contributed by atoms with E-state index in [0.29, 0.717) is 18.0 Å². The molecule has 0 aliphatic carbocycles. The van der Waals surface area contributed by atoms with Gasteiger partial charge in [-0.3, -0.25) is 4.79 Å². The lowest BCUT2D eigenvalue weighted by atomic mass is 10.2. The van der Waals surface area contributed by atoms with E-state index >= 15 is 0 Å². The van der Waals surface area contributed by atoms with Crippen LogP contribution in [0.2, 0.25) is 0 Å². The third-order valence-electron chi connectivity index (χ3n) is 2.98. The molecule has 1 atom stereocenters. The van der Waals surface area contributed by atoms with E-state index in [0.717, 1.165) is 0 Å². The highest BCUT2D eigenvalue weighted by molar-refractivity contribution is 5.94. The van der Waals surface area contributed by atoms with Gasteiger partial charge in [-0.05, 0) is 24.6 Å². The maximum Gasteiger partial charge on any atom is 0.265 e. The Hall–Kier alpha value is -2.63. The third-order valence-corrected chi connectivity index (χ3v) is 2.98. The number of nitrogens with one attached hydrogen (secondary N) is 1. The molecule has 2 rings (SSSR count). The summed E-state index contributed by atoms with van der Waals surface area (Å²) in [6, 6.07) is 9.28. The van der Waals surface area contributed by atoms with Crippen molar-refractivity contribution < 1.29 is 18.7 Å². The second-order valence-electron chi connectivity index (χ2n) is 4.52. The summed E-state index contributed by atoms with van der Waals surface area (Å²) in [6.45, 7) is 1.79. The first-order chi connectivity index (χ1) is 10.6. The number of methoxy groups -OCH3 is 1. The first kappa shape index (κ1) is 15.8. The van der Waals surface area contributed by atoms with Crippen molar-refractivity contribution in [3.05, 3.63) is 48.4 Å². The number of hydrogen-bond donors (Lipinski definition) is 1. The molecule has 116 valence electrons. The van der Waals surface area contributed by atoms with E-state index in [1.165, 1.54) is 25.4 Å². The fraction of sp³-hybridized carbons (Fsp3) is 0.250. The summed E-state index contributed by atoms with van der Waals surface area (Å²) in [6.07, 6.45) is 1.09. The van der Waals surface area contributed by atoms with Crippen LogP contribution in [-0.4, -0.2) is 24.1 Å². The highest BCUT2D eigenvalue weighted by Crippen LogP contribution is 2.19. The fourth-order valence-corrected chi connectivity index (χ4v) is 1.81. The topological polar surface area (TPSA) is 60.5 Å². The smallest absolute Gasteiger partial charge is 0.265 e. The molecule has 1 aromatic heterocycles. The molecule has 1 amide bonds. The molecule has 22 heavy (non-hydrogen) atoms. The summed E-state index contributed by atoms with van der Waals surface area (Å²) >= 11 is 0. The lowest BCUT2D eigenvalue weighted by Gasteiger charge is -2.17. The second kappa shape index (κ2) is 7.40. The van der Waals surface area contributed by atoms with Crippen LogP contribution in [0.25, 0.3) is 0 Å². The van der Waals surface area contributed by atoms with Crippen LogP contribution >= 0.6 is 0 Å². The van der Waals surface area contributed by atoms with Crippen molar-refractivity contribution in [3.8, 4) is 11.6 Å². The van der Waals surface area contributed by atoms with Gasteiger partial charge in [0, 0.05) is 6.07 Å². The van der Waals surface area contributed by atoms with Crippen molar-refractivity contribution in [2.45, 2.75) is 19.4 Å². The van der Waals surface area contributed by atoms with Gasteiger partial charge in [0.15, 0.2) is 17.7 Å². The molecule has 1 aromatic carbocycles. The van der Waals surface area contributed by atoms with Gasteiger partial charge in [-0.15, -0.1) is 0 Å². The lowest BCUT2D eigenvalue weighted by molar-refractivity contribution is -0.122. The van der Waals surface area contributed by atoms with Gasteiger partial charge in [-0.2, -0.15) is 0 Å². The number of carbonyl (C=O) groups excluding carboxylic acids is 1. The maximum atomic E-state index is 13.6. The molecule has 0 bridgehead atoms. The minimum absolute atomic E-state index is 0.0531. The third kappa shape index (κ3) is 3.94. The molecule has 0 saturated heterocycles. The van der Waals surface area contributed by atoms with E-state index in [2.05, 4.69) is 10.3 Å². The number of ether oxygens (including phenoxy) is 2. The van der Waals surface area contributed by atoms with Crippen molar-refractivity contribution in [2.24, 2.45) is 0 Å². The molecule has 6 heteroatoms. The fourth-order valence-electron chi connectivity index (χ4n) is 1.81. The maximum absolute atomic E-state index is 13.6. The Labute approximate surface area is 128 Å². The van der Waals surface area contributed by atoms with E-state index in [4.69, 9.17) is 9.47 Å². The summed E-state index contributed by atoms with van der Waals surface area (Å²) in [4.78, 5) is 16.2. The standard InChI is InChI=1S/C16H17FN2O3/c1-3-13(22-14-7-5-4-6-12(14)17)16(20)19-11-8-9-15(21-2)18-10-11/h4-10,13H,3H2,1-2H3,(H,19,20)/t13-/m1/s1. The summed E-state index contributed by atoms with van der Waals surface area (Å²) in [7, 11) is 1.51. The van der Waals surface area contributed by atoms with Gasteiger partial charge >= 0.3 is 0 Å². The second-order valence-corrected chi connectivity index (χ2v) is 4.52. The highest BCUT2D eigenvalue weighted by atomic mass is 19.1. The van der Waals surface area contributed by atoms with Gasteiger partial charge < -0.3 is 14.8 Å². The van der Waals surface area contributed by atoms with Crippen molar-refractivity contribution in [3.63, 3.8) is 0 Å². The number of carbonyl (C=O) groups is 1. The monoisotopic (exact) mass is 304 g/mol. The zero-order chi connectivity index (χ0) is 15.9. The summed E-state index contributed by atoms with van der Waals surface area (Å²) in [5.74, 6) is -0.359. The zero-order valence-corrected chi connectivity index (χ0v) is 12.4. The van der Waals surface area contributed by atoms with E-state index in [-0.39, 0.29) is 11.7 Å². The number of pyridine rings is 1. The predicted molar refractivity (Wildman–Crippen MR) is 80.5 cm³/mol. The van der Waals surface area contributed by atoms with Crippen LogP contribution in [0.1, 0.15) is 13.3 Å². The Morgan fingerprint density at radius 2 is 2.09 bits per heavy atom. The average Bonchev–Trinajstić information content (AvgIpc) is 2.54. The predicted octanol–water partition coefficient (Wildman–Crippen LogP) is 3.03. The molecule has 0 aliphatic rings. The molecular weight excluding hydrogens is 287 g/mol. The Morgan fingerprint density at radius 1 is 1.32 bits per heavy atom. The normalized spacial score (nSPS) is 11.6. The Balaban J connectivity index is 2.03. The van der Waals surface area contributed by atoms with Crippen LogP contribution in [0.3, 0.4) is 0 Å². The van der Waals surface area contributed by atoms with Crippen molar-refractivity contribution in [2.75, 3.05) is 12.4 Å². The number of aromatic nitrogens is 1. The minimum Gasteiger partial charge on any atom is -0.481 e. The molecule has 0 radical (unpaired) electrons. The van der Waals surface area contributed by atoms with Crippen molar-refractivity contribution >= 4 is 11.6 Å². The van der Waals surface area contributed by atoms with Crippen LogP contribution in [-0.2, 0) is 4.79 Å². The van der Waals surface area contributed by atoms with Crippen LogP contribution in [0, 0.1) is 5.82 Å². The highest BCUT2D eigenvalue weighted by Gasteiger charge is 2.20. The van der Waals surface area contributed by atoms with Gasteiger partial charge in [0.05, 0.1) is 19.0 Å². The van der Waals surface area contributed by atoms with E-state index in [9.17, 15) is 9.18 Å². The molecule has 2 aromatic rings. The number of rotatable bonds is 6. The molecule has 0 unspecified atom stereocenters. The number of halogens is 1. The molecule has 5 nitrogen and oxygen atoms in total. The number of hydrogen-bond acceptors (Lipinski definition) is 4. The SMILES string of the molecule is CC[C@@H](Oc1ccccc1F)C(=O)Nc1ccc(OC)nc1. The minimum atomic E-state index is -0.793. The van der Waals surface area contributed by atoms with Crippen LogP contribution in [0.15, 0.2) is 42.6 Å². The number of anilines is 1. The summed E-state index contributed by atoms with van der Waals surface area (Å²) < 4.78 is 24.0.